The summed E-state index contributed by atoms with van der Waals surface area (Å²) in [6.07, 6.45) is 0. The zero-order valence-corrected chi connectivity index (χ0v) is 16.1. The van der Waals surface area contributed by atoms with Crippen LogP contribution in [0.3, 0.4) is 0 Å². The number of methoxy groups -OCH3 is 2. The van der Waals surface area contributed by atoms with Crippen molar-refractivity contribution in [1.29, 1.82) is 0 Å². The van der Waals surface area contributed by atoms with Crippen molar-refractivity contribution in [1.82, 2.24) is 15.1 Å². The molecule has 0 spiro atoms. The lowest BCUT2D eigenvalue weighted by molar-refractivity contribution is 0.102. The van der Waals surface area contributed by atoms with Crippen molar-refractivity contribution in [3.8, 4) is 11.5 Å². The van der Waals surface area contributed by atoms with E-state index in [4.69, 9.17) is 14.0 Å². The van der Waals surface area contributed by atoms with Crippen LogP contribution in [0, 0.1) is 13.8 Å². The predicted octanol–water partition coefficient (Wildman–Crippen LogP) is 2.96. The molecule has 1 aromatic carbocycles. The minimum atomic E-state index is -0.395. The van der Waals surface area contributed by atoms with Crippen molar-refractivity contribution in [3.05, 3.63) is 53.2 Å². The van der Waals surface area contributed by atoms with Gasteiger partial charge in [0.2, 0.25) is 0 Å². The molecule has 3 rings (SSSR count). The molecule has 0 fully saturated rings. The first-order valence-electron chi connectivity index (χ1n) is 8.53. The van der Waals surface area contributed by atoms with Gasteiger partial charge in [-0.15, -0.1) is 0 Å². The standard InChI is InChI=1S/C19H21N5O4/c1-11-7-18(24-28-11)23-19(25)14-9-17(22-12(2)21-14)20-10-13-5-6-15(26-3)16(8-13)27-4/h5-9H,10H2,1-4H3,(H,20,21,22)(H,23,24,25). The molecule has 146 valence electrons. The van der Waals surface area contributed by atoms with Crippen molar-refractivity contribution in [2.45, 2.75) is 20.4 Å². The summed E-state index contributed by atoms with van der Waals surface area (Å²) in [6, 6.07) is 8.83. The molecule has 0 saturated heterocycles. The summed E-state index contributed by atoms with van der Waals surface area (Å²) in [6.45, 7) is 3.95. The Kier molecular flexibility index (Phi) is 5.73. The maximum absolute atomic E-state index is 12.4. The Morgan fingerprint density at radius 1 is 1.04 bits per heavy atom. The van der Waals surface area contributed by atoms with Gasteiger partial charge in [0, 0.05) is 18.7 Å². The van der Waals surface area contributed by atoms with Gasteiger partial charge in [-0.2, -0.15) is 0 Å². The smallest absolute Gasteiger partial charge is 0.275 e. The number of carbonyl (C=O) groups is 1. The minimum absolute atomic E-state index is 0.225. The highest BCUT2D eigenvalue weighted by molar-refractivity contribution is 6.02. The van der Waals surface area contributed by atoms with Crippen molar-refractivity contribution in [3.63, 3.8) is 0 Å². The first-order chi connectivity index (χ1) is 13.5. The fourth-order valence-corrected chi connectivity index (χ4v) is 2.56. The summed E-state index contributed by atoms with van der Waals surface area (Å²) < 4.78 is 15.5. The Labute approximate surface area is 162 Å². The largest absolute Gasteiger partial charge is 0.493 e. The molecule has 0 aliphatic carbocycles. The highest BCUT2D eigenvalue weighted by atomic mass is 16.5. The third-order valence-electron chi connectivity index (χ3n) is 3.86. The molecule has 2 aromatic heterocycles. The van der Waals surface area contributed by atoms with Gasteiger partial charge in [0.1, 0.15) is 23.1 Å². The fraction of sp³-hybridized carbons (Fsp3) is 0.263. The number of carbonyl (C=O) groups excluding carboxylic acids is 1. The predicted molar refractivity (Wildman–Crippen MR) is 103 cm³/mol. The van der Waals surface area contributed by atoms with Gasteiger partial charge in [0.05, 0.1) is 14.2 Å². The van der Waals surface area contributed by atoms with E-state index in [9.17, 15) is 4.79 Å². The maximum Gasteiger partial charge on any atom is 0.275 e. The molecule has 0 atom stereocenters. The van der Waals surface area contributed by atoms with Gasteiger partial charge in [-0.25, -0.2) is 9.97 Å². The van der Waals surface area contributed by atoms with E-state index in [1.54, 1.807) is 40.2 Å². The average Bonchev–Trinajstić information content (AvgIpc) is 3.10. The van der Waals surface area contributed by atoms with E-state index in [1.807, 2.05) is 18.2 Å². The number of ether oxygens (including phenoxy) is 2. The number of anilines is 2. The quantitative estimate of drug-likeness (QED) is 0.640. The van der Waals surface area contributed by atoms with Gasteiger partial charge >= 0.3 is 0 Å². The Morgan fingerprint density at radius 2 is 1.82 bits per heavy atom. The number of aryl methyl sites for hydroxylation is 2. The lowest BCUT2D eigenvalue weighted by Gasteiger charge is -2.11. The van der Waals surface area contributed by atoms with Crippen LogP contribution in [-0.2, 0) is 6.54 Å². The molecule has 9 heteroatoms. The zero-order chi connectivity index (χ0) is 20.1. The second kappa shape index (κ2) is 8.38. The van der Waals surface area contributed by atoms with E-state index in [1.165, 1.54) is 0 Å². The molecule has 1 amide bonds. The first kappa shape index (κ1) is 19.2. The molecule has 0 aliphatic heterocycles. The van der Waals surface area contributed by atoms with Gasteiger partial charge in [0.25, 0.3) is 5.91 Å². The Bertz CT molecular complexity index is 986. The molecule has 0 aliphatic rings. The molecule has 0 saturated carbocycles. The van der Waals surface area contributed by atoms with Gasteiger partial charge in [-0.1, -0.05) is 11.2 Å². The summed E-state index contributed by atoms with van der Waals surface area (Å²) in [5.74, 6) is 2.84. The average molecular weight is 383 g/mol. The van der Waals surface area contributed by atoms with E-state index < -0.39 is 5.91 Å². The normalized spacial score (nSPS) is 10.4. The van der Waals surface area contributed by atoms with Crippen LogP contribution in [0.25, 0.3) is 0 Å². The fourth-order valence-electron chi connectivity index (χ4n) is 2.56. The number of nitrogens with one attached hydrogen (secondary N) is 2. The molecule has 9 nitrogen and oxygen atoms in total. The van der Waals surface area contributed by atoms with E-state index in [2.05, 4.69) is 25.8 Å². The number of nitrogens with zero attached hydrogens (tertiary/aromatic N) is 3. The molecule has 0 radical (unpaired) electrons. The Balaban J connectivity index is 1.72. The van der Waals surface area contributed by atoms with Crippen molar-refractivity contribution < 1.29 is 18.8 Å². The van der Waals surface area contributed by atoms with Crippen molar-refractivity contribution in [2.75, 3.05) is 24.9 Å². The second-order valence-corrected chi connectivity index (χ2v) is 6.01. The number of aromatic nitrogens is 3. The van der Waals surface area contributed by atoms with Crippen LogP contribution in [0.1, 0.15) is 27.6 Å². The van der Waals surface area contributed by atoms with Crippen LogP contribution in [0.4, 0.5) is 11.6 Å². The molecule has 3 aromatic rings. The van der Waals surface area contributed by atoms with Crippen molar-refractivity contribution in [2.24, 2.45) is 0 Å². The summed E-state index contributed by atoms with van der Waals surface area (Å²) >= 11 is 0. The summed E-state index contributed by atoms with van der Waals surface area (Å²) in [7, 11) is 3.18. The molecule has 0 bridgehead atoms. The van der Waals surface area contributed by atoms with E-state index >= 15 is 0 Å². The van der Waals surface area contributed by atoms with E-state index in [0.717, 1.165) is 5.56 Å². The van der Waals surface area contributed by atoms with Crippen LogP contribution >= 0.6 is 0 Å². The highest BCUT2D eigenvalue weighted by Crippen LogP contribution is 2.27. The third kappa shape index (κ3) is 4.56. The lowest BCUT2D eigenvalue weighted by atomic mass is 10.2. The van der Waals surface area contributed by atoms with E-state index in [0.29, 0.717) is 41.3 Å². The first-order valence-corrected chi connectivity index (χ1v) is 8.53. The third-order valence-corrected chi connectivity index (χ3v) is 3.86. The molecule has 0 unspecified atom stereocenters. The van der Waals surface area contributed by atoms with Crippen LogP contribution < -0.4 is 20.1 Å². The van der Waals surface area contributed by atoms with Crippen LogP contribution in [0.2, 0.25) is 0 Å². The van der Waals surface area contributed by atoms with E-state index in [-0.39, 0.29) is 5.69 Å². The van der Waals surface area contributed by atoms with Crippen molar-refractivity contribution >= 4 is 17.5 Å². The Morgan fingerprint density at radius 3 is 2.50 bits per heavy atom. The molecular formula is C19H21N5O4. The lowest BCUT2D eigenvalue weighted by Crippen LogP contribution is -2.16. The monoisotopic (exact) mass is 383 g/mol. The maximum atomic E-state index is 12.4. The topological polar surface area (TPSA) is 111 Å². The summed E-state index contributed by atoms with van der Waals surface area (Å²) in [5.41, 5.74) is 1.20. The molecule has 2 heterocycles. The minimum Gasteiger partial charge on any atom is -0.493 e. The molecule has 2 N–H and O–H groups in total. The van der Waals surface area contributed by atoms with Gasteiger partial charge in [0.15, 0.2) is 17.3 Å². The SMILES string of the molecule is COc1ccc(CNc2cc(C(=O)Nc3cc(C)on3)nc(C)n2)cc1OC. The number of hydrogen-bond acceptors (Lipinski definition) is 8. The number of rotatable bonds is 7. The van der Waals surface area contributed by atoms with Gasteiger partial charge in [-0.05, 0) is 31.5 Å². The Hall–Kier alpha value is -3.62. The zero-order valence-electron chi connectivity index (χ0n) is 16.1. The number of amides is 1. The highest BCUT2D eigenvalue weighted by Gasteiger charge is 2.13. The number of hydrogen-bond donors (Lipinski definition) is 2. The van der Waals surface area contributed by atoms with Gasteiger partial charge in [-0.3, -0.25) is 4.79 Å². The van der Waals surface area contributed by atoms with Gasteiger partial charge < -0.3 is 24.6 Å². The van der Waals surface area contributed by atoms with Crippen LogP contribution in [0.15, 0.2) is 34.9 Å². The second-order valence-electron chi connectivity index (χ2n) is 6.01. The van der Waals surface area contributed by atoms with Crippen LogP contribution in [0.5, 0.6) is 11.5 Å². The number of benzene rings is 1. The summed E-state index contributed by atoms with van der Waals surface area (Å²) in [4.78, 5) is 20.9. The summed E-state index contributed by atoms with van der Waals surface area (Å²) in [5, 5.41) is 9.58. The molecule has 28 heavy (non-hydrogen) atoms. The van der Waals surface area contributed by atoms with Crippen LogP contribution in [-0.4, -0.2) is 35.3 Å². The molecular weight excluding hydrogens is 362 g/mol.